The summed E-state index contributed by atoms with van der Waals surface area (Å²) in [5.74, 6) is 0.304. The predicted octanol–water partition coefficient (Wildman–Crippen LogP) is 2.99. The lowest BCUT2D eigenvalue weighted by atomic mass is 10.1. The van der Waals surface area contributed by atoms with Crippen LogP contribution < -0.4 is 4.74 Å². The van der Waals surface area contributed by atoms with Crippen LogP contribution in [0.1, 0.15) is 5.56 Å². The lowest BCUT2D eigenvalue weighted by molar-refractivity contribution is 0.180. The first kappa shape index (κ1) is 19.1. The summed E-state index contributed by atoms with van der Waals surface area (Å²) in [6.07, 6.45) is 0. The second-order valence-electron chi connectivity index (χ2n) is 6.07. The zero-order valence-corrected chi connectivity index (χ0v) is 15.9. The molecule has 0 saturated carbocycles. The van der Waals surface area contributed by atoms with E-state index in [-0.39, 0.29) is 15.7 Å². The molecule has 3 rings (SSSR count). The second kappa shape index (κ2) is 7.92. The molecule has 1 fully saturated rings. The maximum atomic E-state index is 13.5. The van der Waals surface area contributed by atoms with Crippen LogP contribution in [0, 0.1) is 5.82 Å². The highest BCUT2D eigenvalue weighted by atomic mass is 35.5. The van der Waals surface area contributed by atoms with Gasteiger partial charge >= 0.3 is 0 Å². The number of hydrogen-bond donors (Lipinski definition) is 0. The van der Waals surface area contributed by atoms with Gasteiger partial charge in [0, 0.05) is 38.3 Å². The maximum Gasteiger partial charge on any atom is 0.244 e. The Kier molecular flexibility index (Phi) is 5.82. The summed E-state index contributed by atoms with van der Waals surface area (Å²) in [7, 11) is -2.07. The van der Waals surface area contributed by atoms with E-state index in [2.05, 4.69) is 4.90 Å². The summed E-state index contributed by atoms with van der Waals surface area (Å²) in [4.78, 5) is 2.21. The number of piperazine rings is 1. The predicted molar refractivity (Wildman–Crippen MR) is 98.4 cm³/mol. The van der Waals surface area contributed by atoms with Gasteiger partial charge in [0.15, 0.2) is 0 Å². The average molecular weight is 399 g/mol. The molecule has 1 aliphatic rings. The highest BCUT2D eigenvalue weighted by Crippen LogP contribution is 2.26. The first-order valence-corrected chi connectivity index (χ1v) is 10.0. The SMILES string of the molecule is COc1ccc(F)cc1CN1CCN(S(=O)(=O)c2ccccc2Cl)CC1. The standard InChI is InChI=1S/C18H20ClFN2O3S/c1-25-17-7-6-15(20)12-14(17)13-21-8-10-22(11-9-21)26(23,24)18-5-3-2-4-16(18)19/h2-7,12H,8-11,13H2,1H3. The molecule has 0 atom stereocenters. The van der Waals surface area contributed by atoms with Crippen molar-refractivity contribution in [1.29, 1.82) is 0 Å². The Labute approximate surface area is 158 Å². The normalized spacial score (nSPS) is 16.6. The van der Waals surface area contributed by atoms with Crippen LogP contribution in [-0.2, 0) is 16.6 Å². The largest absolute Gasteiger partial charge is 0.496 e. The number of hydrogen-bond acceptors (Lipinski definition) is 4. The van der Waals surface area contributed by atoms with E-state index in [9.17, 15) is 12.8 Å². The molecule has 5 nitrogen and oxygen atoms in total. The van der Waals surface area contributed by atoms with E-state index >= 15 is 0 Å². The Hall–Kier alpha value is -1.67. The molecule has 8 heteroatoms. The summed E-state index contributed by atoms with van der Waals surface area (Å²) < 4.78 is 45.8. The molecule has 0 bridgehead atoms. The van der Waals surface area contributed by atoms with Crippen LogP contribution in [-0.4, -0.2) is 50.9 Å². The summed E-state index contributed by atoms with van der Waals surface area (Å²) in [5, 5.41) is 0.222. The van der Waals surface area contributed by atoms with E-state index in [1.807, 2.05) is 0 Å². The van der Waals surface area contributed by atoms with Crippen molar-refractivity contribution in [3.8, 4) is 5.75 Å². The zero-order valence-electron chi connectivity index (χ0n) is 14.4. The third-order valence-corrected chi connectivity index (χ3v) is 6.82. The molecule has 0 unspecified atom stereocenters. The van der Waals surface area contributed by atoms with Crippen LogP contribution >= 0.6 is 11.6 Å². The van der Waals surface area contributed by atoms with Crippen molar-refractivity contribution < 1.29 is 17.5 Å². The van der Waals surface area contributed by atoms with Crippen molar-refractivity contribution in [3.05, 3.63) is 58.9 Å². The first-order chi connectivity index (χ1) is 12.4. The molecule has 140 valence electrons. The zero-order chi connectivity index (χ0) is 18.7. The van der Waals surface area contributed by atoms with Crippen LogP contribution in [0.2, 0.25) is 5.02 Å². The fourth-order valence-corrected chi connectivity index (χ4v) is 4.95. The quantitative estimate of drug-likeness (QED) is 0.777. The van der Waals surface area contributed by atoms with Crippen LogP contribution in [0.25, 0.3) is 0 Å². The minimum atomic E-state index is -3.62. The van der Waals surface area contributed by atoms with Gasteiger partial charge in [-0.1, -0.05) is 23.7 Å². The molecule has 1 heterocycles. The molecule has 2 aromatic carbocycles. The van der Waals surface area contributed by atoms with E-state index in [1.54, 1.807) is 31.4 Å². The summed E-state index contributed by atoms with van der Waals surface area (Å²) >= 11 is 6.05. The van der Waals surface area contributed by atoms with Gasteiger partial charge in [0.05, 0.1) is 12.1 Å². The molecular weight excluding hydrogens is 379 g/mol. The number of halogens is 2. The van der Waals surface area contributed by atoms with Crippen LogP contribution in [0.5, 0.6) is 5.75 Å². The van der Waals surface area contributed by atoms with Gasteiger partial charge in [-0.25, -0.2) is 12.8 Å². The minimum Gasteiger partial charge on any atom is -0.496 e. The van der Waals surface area contributed by atoms with Gasteiger partial charge < -0.3 is 4.74 Å². The number of methoxy groups -OCH3 is 1. The Balaban J connectivity index is 1.68. The Bertz CT molecular complexity index is 884. The van der Waals surface area contributed by atoms with Crippen LogP contribution in [0.4, 0.5) is 4.39 Å². The molecule has 26 heavy (non-hydrogen) atoms. The molecule has 1 aliphatic heterocycles. The lowest BCUT2D eigenvalue weighted by Crippen LogP contribution is -2.48. The highest BCUT2D eigenvalue weighted by Gasteiger charge is 2.30. The topological polar surface area (TPSA) is 49.9 Å². The molecule has 0 aromatic heterocycles. The highest BCUT2D eigenvalue weighted by molar-refractivity contribution is 7.89. The number of ether oxygens (including phenoxy) is 1. The van der Waals surface area contributed by atoms with Crippen molar-refractivity contribution in [1.82, 2.24) is 9.21 Å². The van der Waals surface area contributed by atoms with Gasteiger partial charge in [0.25, 0.3) is 0 Å². The minimum absolute atomic E-state index is 0.127. The summed E-state index contributed by atoms with van der Waals surface area (Å²) in [5.41, 5.74) is 0.745. The molecule has 0 spiro atoms. The van der Waals surface area contributed by atoms with Crippen molar-refractivity contribution in [2.45, 2.75) is 11.4 Å². The van der Waals surface area contributed by atoms with E-state index in [0.29, 0.717) is 38.5 Å². The molecule has 0 amide bonds. The van der Waals surface area contributed by atoms with Crippen LogP contribution in [0.15, 0.2) is 47.4 Å². The average Bonchev–Trinajstić information content (AvgIpc) is 2.62. The fraction of sp³-hybridized carbons (Fsp3) is 0.333. The van der Waals surface area contributed by atoms with Gasteiger partial charge in [0.2, 0.25) is 10.0 Å². The van der Waals surface area contributed by atoms with Crippen molar-refractivity contribution in [2.24, 2.45) is 0 Å². The molecule has 0 aliphatic carbocycles. The van der Waals surface area contributed by atoms with Gasteiger partial charge in [-0.05, 0) is 30.3 Å². The first-order valence-electron chi connectivity index (χ1n) is 8.21. The van der Waals surface area contributed by atoms with Crippen molar-refractivity contribution >= 4 is 21.6 Å². The molecule has 0 N–H and O–H groups in total. The molecule has 2 aromatic rings. The lowest BCUT2D eigenvalue weighted by Gasteiger charge is -2.34. The van der Waals surface area contributed by atoms with Crippen LogP contribution in [0.3, 0.4) is 0 Å². The van der Waals surface area contributed by atoms with E-state index < -0.39 is 10.0 Å². The van der Waals surface area contributed by atoms with Gasteiger partial charge in [0.1, 0.15) is 16.5 Å². The Morgan fingerprint density at radius 3 is 2.46 bits per heavy atom. The maximum absolute atomic E-state index is 13.5. The van der Waals surface area contributed by atoms with Gasteiger partial charge in [-0.2, -0.15) is 4.31 Å². The number of rotatable bonds is 5. The van der Waals surface area contributed by atoms with Crippen molar-refractivity contribution in [3.63, 3.8) is 0 Å². The second-order valence-corrected chi connectivity index (χ2v) is 8.38. The van der Waals surface area contributed by atoms with E-state index in [4.69, 9.17) is 16.3 Å². The third-order valence-electron chi connectivity index (χ3n) is 4.42. The number of benzene rings is 2. The summed E-state index contributed by atoms with van der Waals surface area (Å²) in [6.45, 7) is 2.30. The molecule has 1 saturated heterocycles. The number of nitrogens with zero attached hydrogens (tertiary/aromatic N) is 2. The Morgan fingerprint density at radius 1 is 1.12 bits per heavy atom. The monoisotopic (exact) mass is 398 g/mol. The fourth-order valence-electron chi connectivity index (χ4n) is 3.03. The molecule has 0 radical (unpaired) electrons. The van der Waals surface area contributed by atoms with Gasteiger partial charge in [-0.15, -0.1) is 0 Å². The summed E-state index contributed by atoms with van der Waals surface area (Å²) in [6, 6.07) is 10.9. The smallest absolute Gasteiger partial charge is 0.244 e. The van der Waals surface area contributed by atoms with E-state index in [1.165, 1.54) is 22.5 Å². The third kappa shape index (κ3) is 4.01. The van der Waals surface area contributed by atoms with Gasteiger partial charge in [-0.3, -0.25) is 4.90 Å². The Morgan fingerprint density at radius 2 is 1.81 bits per heavy atom. The molecular formula is C18H20ClFN2O3S. The number of sulfonamides is 1. The van der Waals surface area contributed by atoms with Crippen molar-refractivity contribution in [2.75, 3.05) is 33.3 Å². The van der Waals surface area contributed by atoms with E-state index in [0.717, 1.165) is 5.56 Å².